The maximum Gasteiger partial charge on any atom is 0.237 e. The lowest BCUT2D eigenvalue weighted by molar-refractivity contribution is 0.341. The van der Waals surface area contributed by atoms with Gasteiger partial charge in [-0.3, -0.25) is 4.57 Å². The van der Waals surface area contributed by atoms with Crippen LogP contribution in [-0.4, -0.2) is 31.5 Å². The molecular formula is C25H20ClN5O2S. The number of para-hydroxylation sites is 2. The van der Waals surface area contributed by atoms with Gasteiger partial charge in [0.05, 0.1) is 17.9 Å². The van der Waals surface area contributed by atoms with Crippen LogP contribution in [0.15, 0.2) is 88.5 Å². The minimum absolute atomic E-state index is 0.440. The normalized spacial score (nSPS) is 11.0. The van der Waals surface area contributed by atoms with Crippen LogP contribution in [0.4, 0.5) is 0 Å². The van der Waals surface area contributed by atoms with E-state index in [-0.39, 0.29) is 0 Å². The lowest BCUT2D eigenvalue weighted by Gasteiger charge is -2.10. The van der Waals surface area contributed by atoms with Crippen LogP contribution in [0, 0.1) is 0 Å². The Morgan fingerprint density at radius 3 is 2.50 bits per heavy atom. The van der Waals surface area contributed by atoms with E-state index in [0.29, 0.717) is 34.3 Å². The Kier molecular flexibility index (Phi) is 6.60. The molecule has 2 heterocycles. The molecule has 5 rings (SSSR count). The quantitative estimate of drug-likeness (QED) is 0.236. The first-order valence-electron chi connectivity index (χ1n) is 10.7. The summed E-state index contributed by atoms with van der Waals surface area (Å²) < 4.78 is 13.2. The van der Waals surface area contributed by atoms with Crippen molar-refractivity contribution < 1.29 is 9.26 Å². The molecule has 0 amide bonds. The molecule has 2 aromatic heterocycles. The molecule has 34 heavy (non-hydrogen) atoms. The Labute approximate surface area is 205 Å². The fourth-order valence-corrected chi connectivity index (χ4v) is 4.36. The highest BCUT2D eigenvalue weighted by Gasteiger charge is 2.18. The molecule has 0 bridgehead atoms. The highest BCUT2D eigenvalue weighted by Crippen LogP contribution is 2.31. The first-order valence-corrected chi connectivity index (χ1v) is 12.0. The SMILES string of the molecule is CCOc1ccccc1-c1noc(CSc2nnc(-c3ccc(Cl)cc3)n2-c2ccccc2)n1. The van der Waals surface area contributed by atoms with Gasteiger partial charge in [-0.2, -0.15) is 4.98 Å². The standard InChI is InChI=1S/C25H20ClN5O2S/c1-2-32-21-11-7-6-10-20(21)23-27-22(33-30-23)16-34-25-29-28-24(17-12-14-18(26)15-13-17)31(25)19-8-4-3-5-9-19/h3-15H,2,16H2,1H3. The molecule has 0 radical (unpaired) electrons. The number of halogens is 1. The summed E-state index contributed by atoms with van der Waals surface area (Å²) in [6, 6.07) is 25.2. The third-order valence-corrected chi connectivity index (χ3v) is 6.14. The summed E-state index contributed by atoms with van der Waals surface area (Å²) in [5, 5.41) is 14.4. The van der Waals surface area contributed by atoms with E-state index in [0.717, 1.165) is 28.4 Å². The zero-order valence-corrected chi connectivity index (χ0v) is 19.8. The van der Waals surface area contributed by atoms with Crippen molar-refractivity contribution in [1.29, 1.82) is 0 Å². The van der Waals surface area contributed by atoms with Gasteiger partial charge in [0, 0.05) is 16.3 Å². The summed E-state index contributed by atoms with van der Waals surface area (Å²) in [6.07, 6.45) is 0. The van der Waals surface area contributed by atoms with Gasteiger partial charge in [-0.1, -0.05) is 58.9 Å². The van der Waals surface area contributed by atoms with Gasteiger partial charge in [-0.05, 0) is 55.5 Å². The van der Waals surface area contributed by atoms with E-state index < -0.39 is 0 Å². The second kappa shape index (κ2) is 10.1. The van der Waals surface area contributed by atoms with Gasteiger partial charge >= 0.3 is 0 Å². The molecule has 0 atom stereocenters. The highest BCUT2D eigenvalue weighted by atomic mass is 35.5. The molecule has 3 aromatic carbocycles. The van der Waals surface area contributed by atoms with Gasteiger partial charge in [0.2, 0.25) is 11.7 Å². The fourth-order valence-electron chi connectivity index (χ4n) is 3.44. The third kappa shape index (κ3) is 4.69. The number of hydrogen-bond donors (Lipinski definition) is 0. The van der Waals surface area contributed by atoms with Crippen LogP contribution in [0.1, 0.15) is 12.8 Å². The number of nitrogens with zero attached hydrogens (tertiary/aromatic N) is 5. The Hall–Kier alpha value is -3.62. The van der Waals surface area contributed by atoms with Crippen molar-refractivity contribution in [1.82, 2.24) is 24.9 Å². The monoisotopic (exact) mass is 489 g/mol. The average molecular weight is 490 g/mol. The predicted molar refractivity (Wildman–Crippen MR) is 132 cm³/mol. The molecule has 0 fully saturated rings. The molecule has 5 aromatic rings. The van der Waals surface area contributed by atoms with Crippen molar-refractivity contribution >= 4 is 23.4 Å². The summed E-state index contributed by atoms with van der Waals surface area (Å²) in [7, 11) is 0. The van der Waals surface area contributed by atoms with Gasteiger partial charge in [0.1, 0.15) is 5.75 Å². The van der Waals surface area contributed by atoms with Crippen molar-refractivity contribution in [3.63, 3.8) is 0 Å². The lowest BCUT2D eigenvalue weighted by Crippen LogP contribution is -1.99. The van der Waals surface area contributed by atoms with Crippen molar-refractivity contribution in [2.24, 2.45) is 0 Å². The fraction of sp³-hybridized carbons (Fsp3) is 0.120. The molecule has 7 nitrogen and oxygen atoms in total. The van der Waals surface area contributed by atoms with Gasteiger partial charge in [-0.25, -0.2) is 0 Å². The van der Waals surface area contributed by atoms with Gasteiger partial charge < -0.3 is 9.26 Å². The topological polar surface area (TPSA) is 78.9 Å². The summed E-state index contributed by atoms with van der Waals surface area (Å²) >= 11 is 7.55. The van der Waals surface area contributed by atoms with Gasteiger partial charge in [0.15, 0.2) is 11.0 Å². The largest absolute Gasteiger partial charge is 0.493 e. The van der Waals surface area contributed by atoms with Gasteiger partial charge in [0.25, 0.3) is 0 Å². The van der Waals surface area contributed by atoms with Crippen LogP contribution in [0.25, 0.3) is 28.5 Å². The molecule has 0 spiro atoms. The van der Waals surface area contributed by atoms with Crippen LogP contribution in [0.2, 0.25) is 5.02 Å². The van der Waals surface area contributed by atoms with Crippen molar-refractivity contribution in [3.8, 4) is 34.2 Å². The molecule has 0 N–H and O–H groups in total. The number of aromatic nitrogens is 5. The van der Waals surface area contributed by atoms with E-state index in [2.05, 4.69) is 20.3 Å². The van der Waals surface area contributed by atoms with E-state index in [1.807, 2.05) is 90.4 Å². The summed E-state index contributed by atoms with van der Waals surface area (Å²) in [6.45, 7) is 2.50. The smallest absolute Gasteiger partial charge is 0.237 e. The second-order valence-corrected chi connectivity index (χ2v) is 8.59. The molecule has 0 unspecified atom stereocenters. The van der Waals surface area contributed by atoms with E-state index >= 15 is 0 Å². The van der Waals surface area contributed by atoms with Crippen molar-refractivity contribution in [2.45, 2.75) is 17.8 Å². The Morgan fingerprint density at radius 1 is 0.941 bits per heavy atom. The highest BCUT2D eigenvalue weighted by molar-refractivity contribution is 7.98. The molecule has 0 saturated carbocycles. The van der Waals surface area contributed by atoms with Gasteiger partial charge in [-0.15, -0.1) is 10.2 Å². The van der Waals surface area contributed by atoms with E-state index in [9.17, 15) is 0 Å². The number of thioether (sulfide) groups is 1. The Morgan fingerprint density at radius 2 is 1.71 bits per heavy atom. The van der Waals surface area contributed by atoms with E-state index in [1.165, 1.54) is 11.8 Å². The van der Waals surface area contributed by atoms with E-state index in [4.69, 9.17) is 20.9 Å². The minimum atomic E-state index is 0.440. The summed E-state index contributed by atoms with van der Waals surface area (Å²) in [4.78, 5) is 4.56. The molecule has 0 aliphatic heterocycles. The number of hydrogen-bond acceptors (Lipinski definition) is 7. The van der Waals surface area contributed by atoms with Crippen molar-refractivity contribution in [3.05, 3.63) is 89.8 Å². The average Bonchev–Trinajstić information content (AvgIpc) is 3.52. The summed E-state index contributed by atoms with van der Waals surface area (Å²) in [5.41, 5.74) is 2.67. The first-order chi connectivity index (χ1) is 16.7. The Bertz CT molecular complexity index is 1390. The zero-order valence-electron chi connectivity index (χ0n) is 18.3. The molecule has 0 aliphatic rings. The maximum atomic E-state index is 6.07. The minimum Gasteiger partial charge on any atom is -0.493 e. The van der Waals surface area contributed by atoms with Crippen molar-refractivity contribution in [2.75, 3.05) is 6.61 Å². The maximum absolute atomic E-state index is 6.07. The Balaban J connectivity index is 1.42. The number of benzene rings is 3. The van der Waals surface area contributed by atoms with Crippen LogP contribution < -0.4 is 4.74 Å². The summed E-state index contributed by atoms with van der Waals surface area (Å²) in [5.74, 6) is 2.87. The second-order valence-electron chi connectivity index (χ2n) is 7.21. The zero-order chi connectivity index (χ0) is 23.3. The molecule has 0 saturated heterocycles. The first kappa shape index (κ1) is 22.2. The lowest BCUT2D eigenvalue weighted by atomic mass is 10.2. The molecule has 170 valence electrons. The molecule has 9 heteroatoms. The van der Waals surface area contributed by atoms with Crippen LogP contribution >= 0.6 is 23.4 Å². The van der Waals surface area contributed by atoms with Crippen LogP contribution in [-0.2, 0) is 5.75 Å². The number of rotatable bonds is 8. The van der Waals surface area contributed by atoms with Crippen LogP contribution in [0.3, 0.4) is 0 Å². The predicted octanol–water partition coefficient (Wildman–Crippen LogP) is 6.33. The van der Waals surface area contributed by atoms with E-state index in [1.54, 1.807) is 0 Å². The van der Waals surface area contributed by atoms with Crippen LogP contribution in [0.5, 0.6) is 5.75 Å². The third-order valence-electron chi connectivity index (χ3n) is 4.97. The molecule has 0 aliphatic carbocycles. The number of ether oxygens (including phenoxy) is 1. The molecular weight excluding hydrogens is 470 g/mol.